The predicted molar refractivity (Wildman–Crippen MR) is 66.3 cm³/mol. The lowest BCUT2D eigenvalue weighted by molar-refractivity contribution is 0.162. The molecule has 2 N–H and O–H groups in total. The number of thiophene rings is 1. The number of nitrogens with one attached hydrogen (secondary N) is 1. The SMILES string of the molecule is CCCC(NCC(O)CC)c1cccs1. The molecule has 0 saturated heterocycles. The Bertz CT molecular complexity index is 248. The Morgan fingerprint density at radius 3 is 2.80 bits per heavy atom. The number of rotatable bonds is 7. The molecule has 0 amide bonds. The summed E-state index contributed by atoms with van der Waals surface area (Å²) in [4.78, 5) is 1.38. The largest absolute Gasteiger partial charge is 0.392 e. The molecule has 1 aromatic heterocycles. The van der Waals surface area contributed by atoms with E-state index in [1.54, 1.807) is 11.3 Å². The van der Waals surface area contributed by atoms with Crippen molar-refractivity contribution in [3.05, 3.63) is 22.4 Å². The maximum atomic E-state index is 9.51. The van der Waals surface area contributed by atoms with Gasteiger partial charge in [0.25, 0.3) is 0 Å². The van der Waals surface area contributed by atoms with E-state index in [1.165, 1.54) is 4.88 Å². The van der Waals surface area contributed by atoms with E-state index in [1.807, 2.05) is 6.92 Å². The quantitative estimate of drug-likeness (QED) is 0.750. The Kier molecular flexibility index (Phi) is 5.91. The summed E-state index contributed by atoms with van der Waals surface area (Å²) >= 11 is 1.79. The normalized spacial score (nSPS) is 15.1. The van der Waals surface area contributed by atoms with Crippen molar-refractivity contribution in [3.63, 3.8) is 0 Å². The summed E-state index contributed by atoms with van der Waals surface area (Å²) in [6.07, 6.45) is 2.90. The van der Waals surface area contributed by atoms with E-state index in [0.717, 1.165) is 19.3 Å². The number of aliphatic hydroxyl groups excluding tert-OH is 1. The van der Waals surface area contributed by atoms with Gasteiger partial charge in [-0.2, -0.15) is 0 Å². The van der Waals surface area contributed by atoms with E-state index in [9.17, 15) is 5.11 Å². The zero-order valence-electron chi connectivity index (χ0n) is 9.57. The minimum Gasteiger partial charge on any atom is -0.392 e. The molecule has 2 atom stereocenters. The zero-order chi connectivity index (χ0) is 11.1. The first-order valence-electron chi connectivity index (χ1n) is 5.72. The summed E-state index contributed by atoms with van der Waals surface area (Å²) in [5, 5.41) is 15.1. The molecule has 0 fully saturated rings. The van der Waals surface area contributed by atoms with E-state index in [2.05, 4.69) is 29.8 Å². The van der Waals surface area contributed by atoms with Crippen molar-refractivity contribution in [1.29, 1.82) is 0 Å². The van der Waals surface area contributed by atoms with Gasteiger partial charge in [-0.05, 0) is 24.3 Å². The summed E-state index contributed by atoms with van der Waals surface area (Å²) in [5.41, 5.74) is 0. The second kappa shape index (κ2) is 6.99. The molecule has 0 radical (unpaired) electrons. The van der Waals surface area contributed by atoms with Gasteiger partial charge in [0.1, 0.15) is 0 Å². The molecule has 3 heteroatoms. The van der Waals surface area contributed by atoms with Crippen LogP contribution in [0.3, 0.4) is 0 Å². The fourth-order valence-electron chi connectivity index (χ4n) is 1.55. The molecule has 0 bridgehead atoms. The van der Waals surface area contributed by atoms with Gasteiger partial charge in [0.05, 0.1) is 6.10 Å². The first kappa shape index (κ1) is 12.7. The molecule has 0 aromatic carbocycles. The third-order valence-electron chi connectivity index (χ3n) is 2.54. The first-order valence-corrected chi connectivity index (χ1v) is 6.60. The molecule has 1 aromatic rings. The summed E-state index contributed by atoms with van der Waals surface area (Å²) in [6.45, 7) is 4.89. The highest BCUT2D eigenvalue weighted by Crippen LogP contribution is 2.22. The second-order valence-corrected chi connectivity index (χ2v) is 4.81. The lowest BCUT2D eigenvalue weighted by Gasteiger charge is -2.18. The molecular formula is C12H21NOS. The maximum Gasteiger partial charge on any atom is 0.0662 e. The van der Waals surface area contributed by atoms with Crippen LogP contribution in [0.4, 0.5) is 0 Å². The van der Waals surface area contributed by atoms with Gasteiger partial charge < -0.3 is 10.4 Å². The van der Waals surface area contributed by atoms with Crippen molar-refractivity contribution in [2.45, 2.75) is 45.3 Å². The topological polar surface area (TPSA) is 32.3 Å². The average Bonchev–Trinajstić information content (AvgIpc) is 2.76. The highest BCUT2D eigenvalue weighted by Gasteiger charge is 2.12. The van der Waals surface area contributed by atoms with Gasteiger partial charge in [0.15, 0.2) is 0 Å². The number of hydrogen-bond acceptors (Lipinski definition) is 3. The Morgan fingerprint density at radius 1 is 1.47 bits per heavy atom. The minimum absolute atomic E-state index is 0.218. The third-order valence-corrected chi connectivity index (χ3v) is 3.52. The fraction of sp³-hybridized carbons (Fsp3) is 0.667. The van der Waals surface area contributed by atoms with E-state index >= 15 is 0 Å². The number of aliphatic hydroxyl groups is 1. The monoisotopic (exact) mass is 227 g/mol. The van der Waals surface area contributed by atoms with E-state index in [-0.39, 0.29) is 6.10 Å². The van der Waals surface area contributed by atoms with Crippen LogP contribution in [0.25, 0.3) is 0 Å². The van der Waals surface area contributed by atoms with Gasteiger partial charge in [0.2, 0.25) is 0 Å². The van der Waals surface area contributed by atoms with Gasteiger partial charge in [-0.1, -0.05) is 26.3 Å². The highest BCUT2D eigenvalue weighted by atomic mass is 32.1. The number of hydrogen-bond donors (Lipinski definition) is 2. The lowest BCUT2D eigenvalue weighted by Crippen LogP contribution is -2.29. The molecule has 0 aliphatic rings. The summed E-state index contributed by atoms with van der Waals surface area (Å²) in [7, 11) is 0. The molecule has 86 valence electrons. The van der Waals surface area contributed by atoms with Crippen LogP contribution in [0.2, 0.25) is 0 Å². The molecule has 2 unspecified atom stereocenters. The van der Waals surface area contributed by atoms with Crippen molar-refractivity contribution in [3.8, 4) is 0 Å². The Hall–Kier alpha value is -0.380. The van der Waals surface area contributed by atoms with Crippen LogP contribution in [0.1, 0.15) is 44.0 Å². The molecule has 2 nitrogen and oxygen atoms in total. The Morgan fingerprint density at radius 2 is 2.27 bits per heavy atom. The molecule has 1 rings (SSSR count). The standard InChI is InChI=1S/C12H21NOS/c1-3-6-11(12-7-5-8-15-12)13-9-10(14)4-2/h5,7-8,10-11,13-14H,3-4,6,9H2,1-2H3. The van der Waals surface area contributed by atoms with Gasteiger partial charge in [0, 0.05) is 17.5 Å². The second-order valence-electron chi connectivity index (χ2n) is 3.83. The van der Waals surface area contributed by atoms with Crippen molar-refractivity contribution in [2.24, 2.45) is 0 Å². The van der Waals surface area contributed by atoms with Crippen LogP contribution in [-0.2, 0) is 0 Å². The third kappa shape index (κ3) is 4.33. The molecule has 0 saturated carbocycles. The molecule has 0 aliphatic heterocycles. The van der Waals surface area contributed by atoms with E-state index in [4.69, 9.17) is 0 Å². The van der Waals surface area contributed by atoms with Crippen molar-refractivity contribution in [2.75, 3.05) is 6.54 Å². The van der Waals surface area contributed by atoms with E-state index < -0.39 is 0 Å². The van der Waals surface area contributed by atoms with Crippen LogP contribution in [-0.4, -0.2) is 17.8 Å². The van der Waals surface area contributed by atoms with Crippen molar-refractivity contribution < 1.29 is 5.11 Å². The van der Waals surface area contributed by atoms with Crippen LogP contribution in [0, 0.1) is 0 Å². The maximum absolute atomic E-state index is 9.51. The van der Waals surface area contributed by atoms with Crippen LogP contribution >= 0.6 is 11.3 Å². The molecule has 0 spiro atoms. The van der Waals surface area contributed by atoms with Gasteiger partial charge in [-0.25, -0.2) is 0 Å². The summed E-state index contributed by atoms with van der Waals surface area (Å²) in [5.74, 6) is 0. The van der Waals surface area contributed by atoms with Crippen LogP contribution < -0.4 is 5.32 Å². The fourth-order valence-corrected chi connectivity index (χ4v) is 2.38. The highest BCUT2D eigenvalue weighted by molar-refractivity contribution is 7.10. The Labute approximate surface area is 96.3 Å². The summed E-state index contributed by atoms with van der Waals surface area (Å²) < 4.78 is 0. The minimum atomic E-state index is -0.218. The molecule has 1 heterocycles. The van der Waals surface area contributed by atoms with Crippen LogP contribution in [0.15, 0.2) is 17.5 Å². The first-order chi connectivity index (χ1) is 7.27. The van der Waals surface area contributed by atoms with Crippen molar-refractivity contribution in [1.82, 2.24) is 5.32 Å². The summed E-state index contributed by atoms with van der Waals surface area (Å²) in [6, 6.07) is 4.66. The zero-order valence-corrected chi connectivity index (χ0v) is 10.4. The smallest absolute Gasteiger partial charge is 0.0662 e. The Balaban J connectivity index is 2.44. The van der Waals surface area contributed by atoms with Crippen molar-refractivity contribution >= 4 is 11.3 Å². The van der Waals surface area contributed by atoms with Gasteiger partial charge in [-0.3, -0.25) is 0 Å². The molecule has 15 heavy (non-hydrogen) atoms. The average molecular weight is 227 g/mol. The molecular weight excluding hydrogens is 206 g/mol. The van der Waals surface area contributed by atoms with Gasteiger partial charge >= 0.3 is 0 Å². The molecule has 0 aliphatic carbocycles. The van der Waals surface area contributed by atoms with E-state index in [0.29, 0.717) is 12.6 Å². The predicted octanol–water partition coefficient (Wildman–Crippen LogP) is 2.95. The van der Waals surface area contributed by atoms with Gasteiger partial charge in [-0.15, -0.1) is 11.3 Å². The lowest BCUT2D eigenvalue weighted by atomic mass is 10.1. The van der Waals surface area contributed by atoms with Crippen LogP contribution in [0.5, 0.6) is 0 Å².